The maximum absolute atomic E-state index is 10.7. The molecule has 0 aromatic carbocycles. The summed E-state index contributed by atoms with van der Waals surface area (Å²) in [5, 5.41) is 10.6. The third-order valence-electron chi connectivity index (χ3n) is 2.01. The topological polar surface area (TPSA) is 96.6 Å². The molecule has 1 aromatic rings. The van der Waals surface area contributed by atoms with Crippen LogP contribution in [0.2, 0.25) is 5.28 Å². The first-order valence-corrected chi connectivity index (χ1v) is 5.89. The summed E-state index contributed by atoms with van der Waals surface area (Å²) >= 11 is 5.56. The zero-order valence-corrected chi connectivity index (χ0v) is 11.1. The quantitative estimate of drug-likeness (QED) is 0.294. The van der Waals surface area contributed by atoms with Crippen molar-refractivity contribution in [1.29, 1.82) is 0 Å². The normalized spacial score (nSPS) is 10.4. The standard InChI is InChI=1S/C10H14ClN3O5/c1-17-5-6-18-3-2-4-19-9-8(14(15)16)7-12-10(11)13-9/h7H,2-6H2,1H3. The minimum Gasteiger partial charge on any atom is -0.473 e. The fourth-order valence-electron chi connectivity index (χ4n) is 1.15. The van der Waals surface area contributed by atoms with Gasteiger partial charge in [0.25, 0.3) is 5.88 Å². The van der Waals surface area contributed by atoms with E-state index < -0.39 is 4.92 Å². The van der Waals surface area contributed by atoms with Crippen LogP contribution in [0, 0.1) is 10.1 Å². The summed E-state index contributed by atoms with van der Waals surface area (Å²) in [5.41, 5.74) is -0.315. The van der Waals surface area contributed by atoms with Crippen molar-refractivity contribution in [2.24, 2.45) is 0 Å². The van der Waals surface area contributed by atoms with E-state index in [1.54, 1.807) is 7.11 Å². The lowest BCUT2D eigenvalue weighted by Crippen LogP contribution is -2.08. The molecule has 1 aromatic heterocycles. The van der Waals surface area contributed by atoms with Gasteiger partial charge in [-0.3, -0.25) is 10.1 Å². The number of methoxy groups -OCH3 is 1. The molecule has 1 rings (SSSR count). The molecule has 19 heavy (non-hydrogen) atoms. The maximum atomic E-state index is 10.7. The summed E-state index contributed by atoms with van der Waals surface area (Å²) < 4.78 is 15.2. The molecule has 9 heteroatoms. The fraction of sp³-hybridized carbons (Fsp3) is 0.600. The Morgan fingerprint density at radius 3 is 2.84 bits per heavy atom. The molecule has 0 aliphatic carbocycles. The summed E-state index contributed by atoms with van der Waals surface area (Å²) in [6.07, 6.45) is 1.59. The van der Waals surface area contributed by atoms with E-state index in [4.69, 9.17) is 25.8 Å². The van der Waals surface area contributed by atoms with Crippen LogP contribution >= 0.6 is 11.6 Å². The summed E-state index contributed by atoms with van der Waals surface area (Å²) in [6.45, 7) is 1.72. The Balaban J connectivity index is 2.36. The third kappa shape index (κ3) is 5.77. The van der Waals surface area contributed by atoms with Crippen molar-refractivity contribution in [2.75, 3.05) is 33.5 Å². The van der Waals surface area contributed by atoms with Crippen LogP contribution in [-0.2, 0) is 9.47 Å². The van der Waals surface area contributed by atoms with E-state index in [9.17, 15) is 10.1 Å². The SMILES string of the molecule is COCCOCCCOc1nc(Cl)ncc1[N+](=O)[O-]. The second-order valence-corrected chi connectivity index (χ2v) is 3.73. The molecule has 0 aliphatic heterocycles. The molecule has 106 valence electrons. The van der Waals surface area contributed by atoms with Crippen molar-refractivity contribution < 1.29 is 19.1 Å². The first-order valence-electron chi connectivity index (χ1n) is 5.51. The molecule has 0 saturated carbocycles. The Hall–Kier alpha value is -1.51. The largest absolute Gasteiger partial charge is 0.473 e. The maximum Gasteiger partial charge on any atom is 0.349 e. The third-order valence-corrected chi connectivity index (χ3v) is 2.19. The molecule has 0 amide bonds. The lowest BCUT2D eigenvalue weighted by Gasteiger charge is -2.06. The minimum atomic E-state index is -0.624. The number of aromatic nitrogens is 2. The lowest BCUT2D eigenvalue weighted by molar-refractivity contribution is -0.386. The lowest BCUT2D eigenvalue weighted by atomic mass is 10.5. The predicted octanol–water partition coefficient (Wildman–Crippen LogP) is 1.47. The fourth-order valence-corrected chi connectivity index (χ4v) is 1.27. The van der Waals surface area contributed by atoms with Gasteiger partial charge >= 0.3 is 5.69 Å². The smallest absolute Gasteiger partial charge is 0.349 e. The highest BCUT2D eigenvalue weighted by molar-refractivity contribution is 6.28. The van der Waals surface area contributed by atoms with Crippen LogP contribution < -0.4 is 4.74 Å². The van der Waals surface area contributed by atoms with Crippen LogP contribution in [0.25, 0.3) is 0 Å². The Morgan fingerprint density at radius 2 is 2.16 bits per heavy atom. The average molecular weight is 292 g/mol. The molecule has 0 bridgehead atoms. The van der Waals surface area contributed by atoms with Crippen molar-refractivity contribution in [3.05, 3.63) is 21.6 Å². The van der Waals surface area contributed by atoms with Gasteiger partial charge < -0.3 is 14.2 Å². The van der Waals surface area contributed by atoms with Gasteiger partial charge in [-0.2, -0.15) is 4.98 Å². The van der Waals surface area contributed by atoms with Crippen molar-refractivity contribution in [3.8, 4) is 5.88 Å². The molecule has 0 spiro atoms. The van der Waals surface area contributed by atoms with Crippen LogP contribution in [0.3, 0.4) is 0 Å². The molecule has 0 aliphatic rings. The van der Waals surface area contributed by atoms with Gasteiger partial charge in [-0.05, 0) is 11.6 Å². The minimum absolute atomic E-state index is 0.100. The van der Waals surface area contributed by atoms with E-state index in [1.807, 2.05) is 0 Å². The van der Waals surface area contributed by atoms with Gasteiger partial charge in [0.15, 0.2) is 0 Å². The van der Waals surface area contributed by atoms with Gasteiger partial charge in [0.1, 0.15) is 6.20 Å². The van der Waals surface area contributed by atoms with Crippen molar-refractivity contribution in [3.63, 3.8) is 0 Å². The zero-order valence-electron chi connectivity index (χ0n) is 10.4. The van der Waals surface area contributed by atoms with Crippen LogP contribution in [-0.4, -0.2) is 48.4 Å². The van der Waals surface area contributed by atoms with Crippen molar-refractivity contribution >= 4 is 17.3 Å². The predicted molar refractivity (Wildman–Crippen MR) is 66.5 cm³/mol. The van der Waals surface area contributed by atoms with Crippen LogP contribution in [0.5, 0.6) is 5.88 Å². The number of hydrogen-bond acceptors (Lipinski definition) is 7. The number of nitrogens with zero attached hydrogens (tertiary/aromatic N) is 3. The first kappa shape index (κ1) is 15.5. The van der Waals surface area contributed by atoms with E-state index in [-0.39, 0.29) is 23.5 Å². The van der Waals surface area contributed by atoms with E-state index in [2.05, 4.69) is 9.97 Å². The van der Waals surface area contributed by atoms with Crippen LogP contribution in [0.15, 0.2) is 6.20 Å². The first-order chi connectivity index (χ1) is 9.15. The highest BCUT2D eigenvalue weighted by Gasteiger charge is 2.18. The summed E-state index contributed by atoms with van der Waals surface area (Å²) in [4.78, 5) is 17.3. The van der Waals surface area contributed by atoms with Gasteiger partial charge in [-0.1, -0.05) is 0 Å². The Morgan fingerprint density at radius 1 is 1.37 bits per heavy atom. The van der Waals surface area contributed by atoms with E-state index in [1.165, 1.54) is 0 Å². The van der Waals surface area contributed by atoms with Gasteiger partial charge in [-0.15, -0.1) is 0 Å². The number of hydrogen-bond donors (Lipinski definition) is 0. The van der Waals surface area contributed by atoms with Gasteiger partial charge in [-0.25, -0.2) is 4.98 Å². The molecule has 0 atom stereocenters. The molecule has 0 radical (unpaired) electrons. The Bertz CT molecular complexity index is 418. The van der Waals surface area contributed by atoms with E-state index in [0.717, 1.165) is 6.20 Å². The van der Waals surface area contributed by atoms with Gasteiger partial charge in [0.05, 0.1) is 24.7 Å². The molecular formula is C10H14ClN3O5. The number of nitro groups is 1. The molecule has 8 nitrogen and oxygen atoms in total. The molecular weight excluding hydrogens is 278 g/mol. The average Bonchev–Trinajstić information content (AvgIpc) is 2.37. The molecule has 0 fully saturated rings. The zero-order chi connectivity index (χ0) is 14.1. The summed E-state index contributed by atoms with van der Waals surface area (Å²) in [6, 6.07) is 0. The van der Waals surface area contributed by atoms with E-state index >= 15 is 0 Å². The molecule has 0 N–H and O–H groups in total. The Kier molecular flexibility index (Phi) is 7.01. The highest BCUT2D eigenvalue weighted by atomic mass is 35.5. The monoisotopic (exact) mass is 291 g/mol. The molecule has 1 heterocycles. The number of halogens is 1. The second kappa shape index (κ2) is 8.57. The van der Waals surface area contributed by atoms with Crippen molar-refractivity contribution in [2.45, 2.75) is 6.42 Å². The van der Waals surface area contributed by atoms with Crippen molar-refractivity contribution in [1.82, 2.24) is 9.97 Å². The van der Waals surface area contributed by atoms with Gasteiger partial charge in [0.2, 0.25) is 5.28 Å². The molecule has 0 saturated heterocycles. The second-order valence-electron chi connectivity index (χ2n) is 3.39. The number of rotatable bonds is 9. The van der Waals surface area contributed by atoms with Crippen LogP contribution in [0.1, 0.15) is 6.42 Å². The Labute approximate surface area is 114 Å². The number of ether oxygens (including phenoxy) is 3. The summed E-state index contributed by atoms with van der Waals surface area (Å²) in [5.74, 6) is -0.137. The highest BCUT2D eigenvalue weighted by Crippen LogP contribution is 2.24. The van der Waals surface area contributed by atoms with Crippen LogP contribution in [0.4, 0.5) is 5.69 Å². The molecule has 0 unspecified atom stereocenters. The van der Waals surface area contributed by atoms with Gasteiger partial charge in [0, 0.05) is 20.1 Å². The van der Waals surface area contributed by atoms with E-state index in [0.29, 0.717) is 26.2 Å². The summed E-state index contributed by atoms with van der Waals surface area (Å²) in [7, 11) is 1.59.